The average molecular weight is 428 g/mol. The summed E-state index contributed by atoms with van der Waals surface area (Å²) in [6.07, 6.45) is 8.20. The molecule has 0 aromatic heterocycles. The SMILES string of the molecule is Cc1ccc(C(CNC(=O)CC2CC3CCC(C2)N3)N2CCCC2)cc1.Cl.Cl. The Morgan fingerprint density at radius 3 is 2.32 bits per heavy atom. The van der Waals surface area contributed by atoms with E-state index in [-0.39, 0.29) is 30.7 Å². The summed E-state index contributed by atoms with van der Waals surface area (Å²) >= 11 is 0. The number of halogens is 2. The van der Waals surface area contributed by atoms with Crippen LogP contribution >= 0.6 is 24.8 Å². The molecule has 28 heavy (non-hydrogen) atoms. The minimum Gasteiger partial charge on any atom is -0.354 e. The van der Waals surface area contributed by atoms with Gasteiger partial charge in [0, 0.05) is 25.0 Å². The highest BCUT2D eigenvalue weighted by Crippen LogP contribution is 2.32. The normalized spacial score (nSPS) is 27.5. The molecule has 2 bridgehead atoms. The molecule has 3 aliphatic heterocycles. The molecule has 0 radical (unpaired) electrons. The Balaban J connectivity index is 0.00000140. The van der Waals surface area contributed by atoms with Crippen molar-refractivity contribution < 1.29 is 4.79 Å². The van der Waals surface area contributed by atoms with Crippen molar-refractivity contribution in [3.05, 3.63) is 35.4 Å². The van der Waals surface area contributed by atoms with Gasteiger partial charge in [-0.15, -0.1) is 24.8 Å². The number of nitrogens with one attached hydrogen (secondary N) is 2. The number of nitrogens with zero attached hydrogens (tertiary/aromatic N) is 1. The zero-order chi connectivity index (χ0) is 17.9. The van der Waals surface area contributed by atoms with Crippen molar-refractivity contribution in [1.29, 1.82) is 0 Å². The molecular formula is C22H35Cl2N3O. The van der Waals surface area contributed by atoms with Gasteiger partial charge in [0.1, 0.15) is 0 Å². The molecule has 0 saturated carbocycles. The van der Waals surface area contributed by atoms with Gasteiger partial charge in [0.25, 0.3) is 0 Å². The van der Waals surface area contributed by atoms with Gasteiger partial charge in [0.05, 0.1) is 6.04 Å². The first-order valence-electron chi connectivity index (χ1n) is 10.5. The minimum atomic E-state index is 0. The van der Waals surface area contributed by atoms with Crippen molar-refractivity contribution in [2.45, 2.75) is 70.0 Å². The molecule has 4 nitrogen and oxygen atoms in total. The molecular weight excluding hydrogens is 393 g/mol. The van der Waals surface area contributed by atoms with E-state index in [4.69, 9.17) is 0 Å². The second-order valence-corrected chi connectivity index (χ2v) is 8.65. The lowest BCUT2D eigenvalue weighted by molar-refractivity contribution is -0.122. The number of likely N-dealkylation sites (tertiary alicyclic amines) is 1. The summed E-state index contributed by atoms with van der Waals surface area (Å²) in [5.41, 5.74) is 2.62. The summed E-state index contributed by atoms with van der Waals surface area (Å²) in [7, 11) is 0. The van der Waals surface area contributed by atoms with Gasteiger partial charge in [-0.3, -0.25) is 9.69 Å². The number of rotatable bonds is 6. The molecule has 4 rings (SSSR count). The number of piperidine rings is 1. The van der Waals surface area contributed by atoms with Crippen LogP contribution in [0.5, 0.6) is 0 Å². The average Bonchev–Trinajstić information content (AvgIpc) is 3.27. The van der Waals surface area contributed by atoms with Gasteiger partial charge in [-0.25, -0.2) is 0 Å². The number of carbonyl (C=O) groups is 1. The highest BCUT2D eigenvalue weighted by molar-refractivity contribution is 5.85. The van der Waals surface area contributed by atoms with Crippen LogP contribution in [0.1, 0.15) is 62.1 Å². The first kappa shape index (κ1) is 23.5. The monoisotopic (exact) mass is 427 g/mol. The summed E-state index contributed by atoms with van der Waals surface area (Å²) in [6, 6.07) is 10.5. The number of carbonyl (C=O) groups excluding carboxylic acids is 1. The van der Waals surface area contributed by atoms with Crippen LogP contribution in [0.25, 0.3) is 0 Å². The first-order valence-corrected chi connectivity index (χ1v) is 10.5. The lowest BCUT2D eigenvalue weighted by Gasteiger charge is -2.30. The largest absolute Gasteiger partial charge is 0.354 e. The molecule has 3 saturated heterocycles. The lowest BCUT2D eigenvalue weighted by atomic mass is 9.89. The van der Waals surface area contributed by atoms with Crippen LogP contribution in [0, 0.1) is 12.8 Å². The molecule has 3 unspecified atom stereocenters. The molecule has 158 valence electrons. The third-order valence-electron chi connectivity index (χ3n) is 6.58. The maximum atomic E-state index is 12.6. The van der Waals surface area contributed by atoms with Crippen LogP contribution in [0.2, 0.25) is 0 Å². The lowest BCUT2D eigenvalue weighted by Crippen LogP contribution is -2.41. The van der Waals surface area contributed by atoms with E-state index in [9.17, 15) is 4.79 Å². The highest BCUT2D eigenvalue weighted by Gasteiger charge is 2.34. The maximum Gasteiger partial charge on any atom is 0.220 e. The van der Waals surface area contributed by atoms with Gasteiger partial charge >= 0.3 is 0 Å². The molecule has 1 aromatic rings. The van der Waals surface area contributed by atoms with Gasteiger partial charge in [0.2, 0.25) is 5.91 Å². The molecule has 3 aliphatic rings. The van der Waals surface area contributed by atoms with E-state index >= 15 is 0 Å². The van der Waals surface area contributed by atoms with Crippen LogP contribution in [0.3, 0.4) is 0 Å². The third-order valence-corrected chi connectivity index (χ3v) is 6.58. The zero-order valence-corrected chi connectivity index (χ0v) is 18.5. The number of hydrogen-bond donors (Lipinski definition) is 2. The molecule has 2 N–H and O–H groups in total. The van der Waals surface area contributed by atoms with Crippen molar-refractivity contribution in [3.8, 4) is 0 Å². The van der Waals surface area contributed by atoms with Gasteiger partial charge in [-0.1, -0.05) is 29.8 Å². The summed E-state index contributed by atoms with van der Waals surface area (Å²) < 4.78 is 0. The summed E-state index contributed by atoms with van der Waals surface area (Å²) in [4.78, 5) is 15.1. The molecule has 0 aliphatic carbocycles. The quantitative estimate of drug-likeness (QED) is 0.720. The molecule has 3 atom stereocenters. The summed E-state index contributed by atoms with van der Waals surface area (Å²) in [6.45, 7) is 5.15. The third kappa shape index (κ3) is 5.85. The Kier molecular flexibility index (Phi) is 9.07. The van der Waals surface area contributed by atoms with E-state index in [1.165, 1.54) is 49.7 Å². The minimum absolute atomic E-state index is 0. The first-order chi connectivity index (χ1) is 12.7. The van der Waals surface area contributed by atoms with Crippen molar-refractivity contribution in [3.63, 3.8) is 0 Å². The van der Waals surface area contributed by atoms with E-state index < -0.39 is 0 Å². The Bertz CT molecular complexity index is 607. The van der Waals surface area contributed by atoms with Crippen LogP contribution in [0.4, 0.5) is 0 Å². The Hall–Kier alpha value is -0.810. The van der Waals surface area contributed by atoms with E-state index in [1.54, 1.807) is 0 Å². The molecule has 0 spiro atoms. The van der Waals surface area contributed by atoms with Crippen LogP contribution in [-0.2, 0) is 4.79 Å². The predicted molar refractivity (Wildman–Crippen MR) is 120 cm³/mol. The maximum absolute atomic E-state index is 12.6. The van der Waals surface area contributed by atoms with Crippen LogP contribution in [0.15, 0.2) is 24.3 Å². The highest BCUT2D eigenvalue weighted by atomic mass is 35.5. The van der Waals surface area contributed by atoms with Crippen molar-refractivity contribution >= 4 is 30.7 Å². The van der Waals surface area contributed by atoms with Crippen molar-refractivity contribution in [2.24, 2.45) is 5.92 Å². The number of aryl methyl sites for hydroxylation is 1. The van der Waals surface area contributed by atoms with Crippen molar-refractivity contribution in [1.82, 2.24) is 15.5 Å². The number of hydrogen-bond acceptors (Lipinski definition) is 3. The second-order valence-electron chi connectivity index (χ2n) is 8.65. The number of amides is 1. The van der Waals surface area contributed by atoms with Gasteiger partial charge in [-0.05, 0) is 70.0 Å². The van der Waals surface area contributed by atoms with E-state index in [2.05, 4.69) is 46.7 Å². The van der Waals surface area contributed by atoms with Crippen molar-refractivity contribution in [2.75, 3.05) is 19.6 Å². The molecule has 3 heterocycles. The standard InChI is InChI=1S/C22H33N3O.2ClH/c1-16-4-6-18(7-5-16)21(25-10-2-3-11-25)15-23-22(26)14-17-12-19-8-9-20(13-17)24-19;;/h4-7,17,19-21,24H,2-3,8-15H2,1H3,(H,23,26);2*1H. The molecule has 3 fully saturated rings. The van der Waals surface area contributed by atoms with Gasteiger partial charge < -0.3 is 10.6 Å². The molecule has 6 heteroatoms. The second kappa shape index (κ2) is 10.8. The van der Waals surface area contributed by atoms with Gasteiger partial charge in [-0.2, -0.15) is 0 Å². The Morgan fingerprint density at radius 1 is 1.11 bits per heavy atom. The number of benzene rings is 1. The smallest absolute Gasteiger partial charge is 0.220 e. The predicted octanol–water partition coefficient (Wildman–Crippen LogP) is 4.01. The molecule has 1 aromatic carbocycles. The topological polar surface area (TPSA) is 44.4 Å². The van der Waals surface area contributed by atoms with Crippen LogP contribution in [-0.4, -0.2) is 42.5 Å². The van der Waals surface area contributed by atoms with E-state index in [1.807, 2.05) is 0 Å². The van der Waals surface area contributed by atoms with Crippen LogP contribution < -0.4 is 10.6 Å². The van der Waals surface area contributed by atoms with E-state index in [0.29, 0.717) is 30.5 Å². The fourth-order valence-corrected chi connectivity index (χ4v) is 5.19. The van der Waals surface area contributed by atoms with E-state index in [0.717, 1.165) is 19.6 Å². The number of fused-ring (bicyclic) bond motifs is 2. The summed E-state index contributed by atoms with van der Waals surface area (Å²) in [5, 5.41) is 6.94. The Labute approximate surface area is 182 Å². The molecule has 1 amide bonds. The fraction of sp³-hybridized carbons (Fsp3) is 0.682. The fourth-order valence-electron chi connectivity index (χ4n) is 5.19. The van der Waals surface area contributed by atoms with Gasteiger partial charge in [0.15, 0.2) is 0 Å². The zero-order valence-electron chi connectivity index (χ0n) is 16.9. The summed E-state index contributed by atoms with van der Waals surface area (Å²) in [5.74, 6) is 0.811. The Morgan fingerprint density at radius 2 is 1.71 bits per heavy atom.